The number of carboxylic acid groups (broad SMARTS) is 1. The molecule has 0 radical (unpaired) electrons. The van der Waals surface area contributed by atoms with Crippen LogP contribution in [0, 0.1) is 6.92 Å². The molecule has 2 atom stereocenters. The van der Waals surface area contributed by atoms with E-state index < -0.39 is 18.1 Å². The number of aromatic nitrogens is 2. The number of rotatable bonds is 8. The Kier molecular flexibility index (Phi) is 6.05. The maximum Gasteiger partial charge on any atom is 0.328 e. The lowest BCUT2D eigenvalue weighted by Crippen LogP contribution is -2.40. The monoisotopic (exact) mass is 434 g/mol. The van der Waals surface area contributed by atoms with Gasteiger partial charge in [0.15, 0.2) is 6.04 Å². The molecule has 3 N–H and O–H groups in total. The Morgan fingerprint density at radius 1 is 1.19 bits per heavy atom. The Bertz CT molecular complexity index is 1180. The molecule has 8 nitrogen and oxygen atoms in total. The third kappa shape index (κ3) is 4.70. The molecule has 0 saturated heterocycles. The van der Waals surface area contributed by atoms with Crippen molar-refractivity contribution in [1.82, 2.24) is 15.3 Å². The van der Waals surface area contributed by atoms with Crippen molar-refractivity contribution in [2.24, 2.45) is 0 Å². The molecule has 0 aliphatic heterocycles. The molecule has 1 aliphatic rings. The highest BCUT2D eigenvalue weighted by Gasteiger charge is 2.26. The lowest BCUT2D eigenvalue weighted by Gasteiger charge is -2.20. The predicted molar refractivity (Wildman–Crippen MR) is 122 cm³/mol. The van der Waals surface area contributed by atoms with E-state index in [-0.39, 0.29) is 11.9 Å². The van der Waals surface area contributed by atoms with E-state index in [1.165, 1.54) is 7.11 Å². The fourth-order valence-electron chi connectivity index (χ4n) is 3.50. The molecular weight excluding hydrogens is 408 g/mol. The largest absolute Gasteiger partial charge is 0.480 e. The van der Waals surface area contributed by atoms with Crippen molar-refractivity contribution in [2.45, 2.75) is 44.9 Å². The van der Waals surface area contributed by atoms with E-state index >= 15 is 0 Å². The number of hydrogen-bond acceptors (Lipinski definition) is 6. The van der Waals surface area contributed by atoms with Gasteiger partial charge in [0.05, 0.1) is 11.6 Å². The number of methoxy groups -OCH3 is 1. The van der Waals surface area contributed by atoms with Crippen LogP contribution in [0.25, 0.3) is 22.0 Å². The van der Waals surface area contributed by atoms with Crippen LogP contribution in [-0.2, 0) is 9.53 Å². The van der Waals surface area contributed by atoms with Gasteiger partial charge in [-0.25, -0.2) is 14.8 Å². The van der Waals surface area contributed by atoms with E-state index in [1.54, 1.807) is 13.1 Å². The third-order valence-corrected chi connectivity index (χ3v) is 5.69. The van der Waals surface area contributed by atoms with E-state index in [0.29, 0.717) is 17.1 Å². The number of amides is 1. The second-order valence-electron chi connectivity index (χ2n) is 8.15. The molecule has 1 heterocycles. The number of carboxylic acids is 1. The first kappa shape index (κ1) is 21.7. The molecule has 2 unspecified atom stereocenters. The highest BCUT2D eigenvalue weighted by atomic mass is 16.5. The van der Waals surface area contributed by atoms with Crippen LogP contribution in [0.2, 0.25) is 0 Å². The average molecular weight is 434 g/mol. The number of aliphatic carboxylic acids is 1. The van der Waals surface area contributed by atoms with Crippen LogP contribution in [0.15, 0.2) is 42.6 Å². The molecule has 1 amide bonds. The Hall–Kier alpha value is -3.52. The van der Waals surface area contributed by atoms with E-state index in [4.69, 9.17) is 4.74 Å². The summed E-state index contributed by atoms with van der Waals surface area (Å²) < 4.78 is 5.13. The van der Waals surface area contributed by atoms with Gasteiger partial charge in [-0.2, -0.15) is 0 Å². The summed E-state index contributed by atoms with van der Waals surface area (Å²) in [5.41, 5.74) is 4.31. The molecule has 166 valence electrons. The SMILES string of the molecule is COC(C)C(Nc1ncc2cc(-c3cc(C(=O)NC4CC4)ccc3C)ccc2n1)C(=O)O. The van der Waals surface area contributed by atoms with E-state index in [9.17, 15) is 14.7 Å². The second-order valence-corrected chi connectivity index (χ2v) is 8.15. The second kappa shape index (κ2) is 8.92. The summed E-state index contributed by atoms with van der Waals surface area (Å²) in [6.45, 7) is 3.68. The van der Waals surface area contributed by atoms with E-state index in [1.807, 2.05) is 43.3 Å². The van der Waals surface area contributed by atoms with Gasteiger partial charge >= 0.3 is 5.97 Å². The Labute approximate surface area is 186 Å². The van der Waals surface area contributed by atoms with E-state index in [0.717, 1.165) is 34.9 Å². The van der Waals surface area contributed by atoms with Gasteiger partial charge in [0.25, 0.3) is 5.91 Å². The Morgan fingerprint density at radius 2 is 1.97 bits per heavy atom. The number of aryl methyl sites for hydroxylation is 1. The Balaban J connectivity index is 1.61. The fraction of sp³-hybridized carbons (Fsp3) is 0.333. The maximum absolute atomic E-state index is 12.5. The first-order valence-electron chi connectivity index (χ1n) is 10.6. The minimum Gasteiger partial charge on any atom is -0.480 e. The van der Waals surface area contributed by atoms with Gasteiger partial charge in [-0.3, -0.25) is 4.79 Å². The summed E-state index contributed by atoms with van der Waals surface area (Å²) >= 11 is 0. The highest BCUT2D eigenvalue weighted by Crippen LogP contribution is 2.28. The number of ether oxygens (including phenoxy) is 1. The van der Waals surface area contributed by atoms with Gasteiger partial charge in [0, 0.05) is 30.3 Å². The van der Waals surface area contributed by atoms with Gasteiger partial charge in [-0.1, -0.05) is 12.1 Å². The normalized spacial score (nSPS) is 15.2. The van der Waals surface area contributed by atoms with Crippen LogP contribution in [0.1, 0.15) is 35.7 Å². The van der Waals surface area contributed by atoms with Crippen LogP contribution < -0.4 is 10.6 Å². The number of anilines is 1. The molecule has 8 heteroatoms. The van der Waals surface area contributed by atoms with Gasteiger partial charge in [-0.05, 0) is 67.6 Å². The van der Waals surface area contributed by atoms with Crippen molar-refractivity contribution >= 4 is 28.7 Å². The fourth-order valence-corrected chi connectivity index (χ4v) is 3.50. The van der Waals surface area contributed by atoms with Crippen LogP contribution >= 0.6 is 0 Å². The zero-order valence-corrected chi connectivity index (χ0v) is 18.3. The number of nitrogens with one attached hydrogen (secondary N) is 2. The predicted octanol–water partition coefficient (Wildman–Crippen LogP) is 3.40. The van der Waals surface area contributed by atoms with Gasteiger partial charge < -0.3 is 20.5 Å². The molecular formula is C24H26N4O4. The number of carbonyl (C=O) groups is 2. The summed E-state index contributed by atoms with van der Waals surface area (Å²) in [5.74, 6) is -0.872. The van der Waals surface area contributed by atoms with Crippen molar-refractivity contribution < 1.29 is 19.4 Å². The van der Waals surface area contributed by atoms with Gasteiger partial charge in [-0.15, -0.1) is 0 Å². The quantitative estimate of drug-likeness (QED) is 0.498. The lowest BCUT2D eigenvalue weighted by molar-refractivity contribution is -0.140. The minimum absolute atomic E-state index is 0.0492. The molecule has 1 fully saturated rings. The zero-order valence-electron chi connectivity index (χ0n) is 18.3. The summed E-state index contributed by atoms with van der Waals surface area (Å²) in [5, 5.41) is 16.1. The molecule has 4 rings (SSSR count). The number of nitrogens with zero attached hydrogens (tertiary/aromatic N) is 2. The third-order valence-electron chi connectivity index (χ3n) is 5.69. The number of fused-ring (bicyclic) bond motifs is 1. The molecule has 1 aliphatic carbocycles. The molecule has 3 aromatic rings. The molecule has 32 heavy (non-hydrogen) atoms. The minimum atomic E-state index is -1.04. The molecule has 0 bridgehead atoms. The molecule has 0 spiro atoms. The van der Waals surface area contributed by atoms with Crippen LogP contribution in [0.5, 0.6) is 0 Å². The van der Waals surface area contributed by atoms with Crippen LogP contribution in [0.4, 0.5) is 5.95 Å². The highest BCUT2D eigenvalue weighted by molar-refractivity contribution is 5.96. The Morgan fingerprint density at radius 3 is 2.66 bits per heavy atom. The summed E-state index contributed by atoms with van der Waals surface area (Å²) in [4.78, 5) is 32.7. The lowest BCUT2D eigenvalue weighted by atomic mass is 9.97. The molecule has 1 saturated carbocycles. The summed E-state index contributed by atoms with van der Waals surface area (Å²) in [7, 11) is 1.46. The summed E-state index contributed by atoms with van der Waals surface area (Å²) in [6, 6.07) is 10.8. The van der Waals surface area contributed by atoms with Crippen molar-refractivity contribution in [3.63, 3.8) is 0 Å². The molecule has 1 aromatic heterocycles. The van der Waals surface area contributed by atoms with Gasteiger partial charge in [0.1, 0.15) is 0 Å². The van der Waals surface area contributed by atoms with E-state index in [2.05, 4.69) is 20.6 Å². The van der Waals surface area contributed by atoms with Crippen molar-refractivity contribution in [3.8, 4) is 11.1 Å². The first-order chi connectivity index (χ1) is 15.4. The topological polar surface area (TPSA) is 113 Å². The van der Waals surface area contributed by atoms with Crippen molar-refractivity contribution in [1.29, 1.82) is 0 Å². The summed E-state index contributed by atoms with van der Waals surface area (Å²) in [6.07, 6.45) is 3.19. The maximum atomic E-state index is 12.5. The van der Waals surface area contributed by atoms with Crippen molar-refractivity contribution in [2.75, 3.05) is 12.4 Å². The van der Waals surface area contributed by atoms with Gasteiger partial charge in [0.2, 0.25) is 5.95 Å². The smallest absolute Gasteiger partial charge is 0.328 e. The zero-order chi connectivity index (χ0) is 22.8. The standard InChI is InChI=1S/C24H26N4O4/c1-13-4-5-16(22(29)26-18-7-8-18)11-19(13)15-6-9-20-17(10-15)12-25-24(27-20)28-21(23(30)31)14(2)32-3/h4-6,9-12,14,18,21H,7-8H2,1-3H3,(H,26,29)(H,30,31)(H,25,27,28). The first-order valence-corrected chi connectivity index (χ1v) is 10.6. The van der Waals surface area contributed by atoms with Crippen LogP contribution in [0.3, 0.4) is 0 Å². The number of carbonyl (C=O) groups excluding carboxylic acids is 1. The average Bonchev–Trinajstić information content (AvgIpc) is 3.60. The van der Waals surface area contributed by atoms with Crippen LogP contribution in [-0.4, -0.2) is 52.2 Å². The van der Waals surface area contributed by atoms with Crippen molar-refractivity contribution in [3.05, 3.63) is 53.7 Å². The number of hydrogen-bond donors (Lipinski definition) is 3. The number of benzene rings is 2. The molecule has 2 aromatic carbocycles.